The summed E-state index contributed by atoms with van der Waals surface area (Å²) in [4.78, 5) is 23.5. The van der Waals surface area contributed by atoms with E-state index in [2.05, 4.69) is 4.74 Å². The maximum Gasteiger partial charge on any atom is 0.416 e. The summed E-state index contributed by atoms with van der Waals surface area (Å²) in [5.74, 6) is -4.86. The summed E-state index contributed by atoms with van der Waals surface area (Å²) in [7, 11) is 0. The van der Waals surface area contributed by atoms with Crippen LogP contribution in [0.15, 0.2) is 30.4 Å². The molecule has 134 valence electrons. The fraction of sp³-hybridized carbons (Fsp3) is 0.375. The zero-order valence-corrected chi connectivity index (χ0v) is 12.3. The normalized spacial score (nSPS) is 26.6. The summed E-state index contributed by atoms with van der Waals surface area (Å²) in [6, 6.07) is 1.16. The van der Waals surface area contributed by atoms with Crippen molar-refractivity contribution in [3.05, 3.63) is 47.0 Å². The second-order valence-electron chi connectivity index (χ2n) is 5.90. The predicted octanol–water partition coefficient (Wildman–Crippen LogP) is 4.08. The van der Waals surface area contributed by atoms with Gasteiger partial charge in [-0.25, -0.2) is 0 Å². The Morgan fingerprint density at radius 3 is 1.96 bits per heavy atom. The quantitative estimate of drug-likeness (QED) is 0.326. The van der Waals surface area contributed by atoms with Gasteiger partial charge in [0.15, 0.2) is 0 Å². The minimum Gasteiger partial charge on any atom is -0.393 e. The van der Waals surface area contributed by atoms with Gasteiger partial charge in [-0.05, 0) is 30.2 Å². The maximum absolute atomic E-state index is 13.0. The minimum absolute atomic E-state index is 0.0195. The number of carbonyl (C=O) groups excluding carboxylic acids is 2. The first-order valence-corrected chi connectivity index (χ1v) is 7.20. The highest BCUT2D eigenvalue weighted by Gasteiger charge is 2.49. The molecule has 1 fully saturated rings. The number of ether oxygens (including phenoxy) is 1. The molecule has 0 N–H and O–H groups in total. The van der Waals surface area contributed by atoms with E-state index in [1.165, 1.54) is 12.2 Å². The average molecular weight is 364 g/mol. The van der Waals surface area contributed by atoms with Gasteiger partial charge in [0.2, 0.25) is 0 Å². The number of fused-ring (bicyclic) bond motifs is 1. The van der Waals surface area contributed by atoms with E-state index in [0.29, 0.717) is 12.1 Å². The Bertz CT molecular complexity index is 730. The molecule has 1 aromatic rings. The van der Waals surface area contributed by atoms with Crippen molar-refractivity contribution in [3.63, 3.8) is 0 Å². The number of carbonyl (C=O) groups is 2. The molecular formula is C16H10F6O3. The first-order valence-electron chi connectivity index (χ1n) is 7.20. The van der Waals surface area contributed by atoms with E-state index < -0.39 is 53.2 Å². The number of hydrogen-bond acceptors (Lipinski definition) is 3. The van der Waals surface area contributed by atoms with Crippen molar-refractivity contribution in [2.75, 3.05) is 0 Å². The third-order valence-electron chi connectivity index (χ3n) is 4.32. The molecule has 0 aromatic heterocycles. The van der Waals surface area contributed by atoms with Gasteiger partial charge in [0.25, 0.3) is 0 Å². The van der Waals surface area contributed by atoms with Gasteiger partial charge in [-0.3, -0.25) is 9.59 Å². The van der Waals surface area contributed by atoms with Gasteiger partial charge in [0, 0.05) is 5.92 Å². The second-order valence-corrected chi connectivity index (χ2v) is 5.90. The van der Waals surface area contributed by atoms with E-state index >= 15 is 0 Å². The third kappa shape index (κ3) is 3.14. The SMILES string of the molecule is O=C1OC(=O)[C@H]2CC=C[C@H](c3cc(C(F)(F)F)cc(C(F)(F)F)c3)[C@H]12. The molecule has 0 saturated carbocycles. The summed E-state index contributed by atoms with van der Waals surface area (Å²) in [5.41, 5.74) is -3.27. The van der Waals surface area contributed by atoms with E-state index in [1.807, 2.05) is 0 Å². The monoisotopic (exact) mass is 364 g/mol. The van der Waals surface area contributed by atoms with Crippen LogP contribution in [-0.2, 0) is 26.7 Å². The molecule has 1 heterocycles. The Hall–Kier alpha value is -2.32. The lowest BCUT2D eigenvalue weighted by Gasteiger charge is -2.26. The van der Waals surface area contributed by atoms with Gasteiger partial charge in [0.1, 0.15) is 0 Å². The molecule has 3 nitrogen and oxygen atoms in total. The molecule has 0 spiro atoms. The van der Waals surface area contributed by atoms with Crippen LogP contribution in [0.1, 0.15) is 29.0 Å². The molecule has 3 rings (SSSR count). The third-order valence-corrected chi connectivity index (χ3v) is 4.32. The number of hydrogen-bond donors (Lipinski definition) is 0. The average Bonchev–Trinajstić information content (AvgIpc) is 2.80. The lowest BCUT2D eigenvalue weighted by atomic mass is 9.74. The molecule has 2 aliphatic rings. The number of halogens is 6. The largest absolute Gasteiger partial charge is 0.416 e. The van der Waals surface area contributed by atoms with Gasteiger partial charge in [-0.15, -0.1) is 0 Å². The first-order chi connectivity index (χ1) is 11.5. The number of alkyl halides is 6. The first kappa shape index (κ1) is 17.5. The molecule has 3 atom stereocenters. The Balaban J connectivity index is 2.13. The summed E-state index contributed by atoms with van der Waals surface area (Å²) >= 11 is 0. The van der Waals surface area contributed by atoms with Crippen molar-refractivity contribution in [2.45, 2.75) is 24.7 Å². The molecule has 9 heteroatoms. The number of esters is 2. The van der Waals surface area contributed by atoms with Gasteiger partial charge in [-0.2, -0.15) is 26.3 Å². The number of cyclic esters (lactones) is 2. The predicted molar refractivity (Wildman–Crippen MR) is 71.0 cm³/mol. The second kappa shape index (κ2) is 5.60. The van der Waals surface area contributed by atoms with Crippen molar-refractivity contribution >= 4 is 11.9 Å². The van der Waals surface area contributed by atoms with Crippen LogP contribution in [0.25, 0.3) is 0 Å². The van der Waals surface area contributed by atoms with Crippen molar-refractivity contribution in [3.8, 4) is 0 Å². The van der Waals surface area contributed by atoms with E-state index in [-0.39, 0.29) is 18.1 Å². The molecule has 1 aliphatic heterocycles. The molecule has 25 heavy (non-hydrogen) atoms. The minimum atomic E-state index is -4.99. The van der Waals surface area contributed by atoms with Gasteiger partial charge in [-0.1, -0.05) is 12.2 Å². The van der Waals surface area contributed by atoms with Crippen molar-refractivity contribution < 1.29 is 40.7 Å². The highest BCUT2D eigenvalue weighted by Crippen LogP contribution is 2.45. The molecule has 1 aromatic carbocycles. The van der Waals surface area contributed by atoms with Crippen molar-refractivity contribution in [1.29, 1.82) is 0 Å². The van der Waals surface area contributed by atoms with E-state index in [0.717, 1.165) is 0 Å². The number of allylic oxidation sites excluding steroid dienone is 2. The molecular weight excluding hydrogens is 354 g/mol. The highest BCUT2D eigenvalue weighted by atomic mass is 19.4. The van der Waals surface area contributed by atoms with Gasteiger partial charge in [0.05, 0.1) is 23.0 Å². The number of benzene rings is 1. The van der Waals surface area contributed by atoms with Crippen LogP contribution in [0.3, 0.4) is 0 Å². The lowest BCUT2D eigenvalue weighted by molar-refractivity contribution is -0.154. The van der Waals surface area contributed by atoms with Crippen molar-refractivity contribution in [2.24, 2.45) is 11.8 Å². The lowest BCUT2D eigenvalue weighted by Crippen LogP contribution is -2.27. The van der Waals surface area contributed by atoms with Crippen LogP contribution in [0.4, 0.5) is 26.3 Å². The molecule has 0 amide bonds. The standard InChI is InChI=1S/C16H10F6O3/c17-15(18,19)8-4-7(5-9(6-8)16(20,21)22)10-2-1-3-11-12(10)14(24)25-13(11)23/h1-2,4-6,10-12H,3H2/t10-,11+,12+/m1/s1. The fourth-order valence-corrected chi connectivity index (χ4v) is 3.17. The molecule has 0 bridgehead atoms. The summed E-state index contributed by atoms with van der Waals surface area (Å²) < 4.78 is 82.4. The molecule has 0 radical (unpaired) electrons. The van der Waals surface area contributed by atoms with E-state index in [1.54, 1.807) is 0 Å². The smallest absolute Gasteiger partial charge is 0.393 e. The van der Waals surface area contributed by atoms with Gasteiger partial charge >= 0.3 is 24.3 Å². The Kier molecular flexibility index (Phi) is 3.92. The summed E-state index contributed by atoms with van der Waals surface area (Å²) in [6.45, 7) is 0. The topological polar surface area (TPSA) is 43.4 Å². The van der Waals surface area contributed by atoms with Crippen LogP contribution in [0, 0.1) is 11.8 Å². The summed E-state index contributed by atoms with van der Waals surface area (Å²) in [6.07, 6.45) is -7.02. The van der Waals surface area contributed by atoms with Crippen LogP contribution < -0.4 is 0 Å². The van der Waals surface area contributed by atoms with E-state index in [9.17, 15) is 35.9 Å². The van der Waals surface area contributed by atoms with E-state index in [4.69, 9.17) is 0 Å². The van der Waals surface area contributed by atoms with Crippen molar-refractivity contribution in [1.82, 2.24) is 0 Å². The Morgan fingerprint density at radius 1 is 0.880 bits per heavy atom. The number of rotatable bonds is 1. The van der Waals surface area contributed by atoms with Crippen LogP contribution in [0.5, 0.6) is 0 Å². The highest BCUT2D eigenvalue weighted by molar-refractivity contribution is 5.97. The Labute approximate surface area is 137 Å². The molecule has 1 saturated heterocycles. The van der Waals surface area contributed by atoms with Gasteiger partial charge < -0.3 is 4.74 Å². The molecule has 1 aliphatic carbocycles. The zero-order chi connectivity index (χ0) is 18.6. The van der Waals surface area contributed by atoms with Crippen LogP contribution in [-0.4, -0.2) is 11.9 Å². The van der Waals surface area contributed by atoms with Crippen LogP contribution in [0.2, 0.25) is 0 Å². The fourth-order valence-electron chi connectivity index (χ4n) is 3.17. The Morgan fingerprint density at radius 2 is 1.44 bits per heavy atom. The zero-order valence-electron chi connectivity index (χ0n) is 12.3. The summed E-state index contributed by atoms with van der Waals surface area (Å²) in [5, 5.41) is 0. The maximum atomic E-state index is 13.0. The van der Waals surface area contributed by atoms with Crippen LogP contribution >= 0.6 is 0 Å². The molecule has 0 unspecified atom stereocenters.